The van der Waals surface area contributed by atoms with Gasteiger partial charge < -0.3 is 0 Å². The molecule has 1 N–H and O–H groups in total. The number of nitrogens with one attached hydrogen (secondary N) is 1. The molecule has 1 aliphatic heterocycles. The highest BCUT2D eigenvalue weighted by molar-refractivity contribution is 7.13. The first-order valence-electron chi connectivity index (χ1n) is 7.26. The van der Waals surface area contributed by atoms with Gasteiger partial charge in [-0.05, 0) is 17.0 Å². The quantitative estimate of drug-likeness (QED) is 0.799. The second-order valence-corrected chi connectivity index (χ2v) is 6.40. The highest BCUT2D eigenvalue weighted by atomic mass is 32.1. The van der Waals surface area contributed by atoms with Crippen LogP contribution in [0.25, 0.3) is 10.6 Å². The smallest absolute Gasteiger partial charge is 0.107 e. The first kappa shape index (κ1) is 12.8. The van der Waals surface area contributed by atoms with Gasteiger partial charge in [-0.2, -0.15) is 5.10 Å². The number of benzene rings is 1. The number of rotatable bonds is 3. The van der Waals surface area contributed by atoms with E-state index >= 15 is 0 Å². The number of aromatic nitrogens is 2. The molecule has 0 bridgehead atoms. The third-order valence-corrected chi connectivity index (χ3v) is 4.89. The molecule has 21 heavy (non-hydrogen) atoms. The molecule has 3 nitrogen and oxygen atoms in total. The first-order chi connectivity index (χ1) is 10.4. The molecule has 0 radical (unpaired) electrons. The fourth-order valence-corrected chi connectivity index (χ4v) is 3.69. The van der Waals surface area contributed by atoms with E-state index in [1.54, 1.807) is 11.3 Å². The van der Waals surface area contributed by atoms with Gasteiger partial charge in [0.05, 0.1) is 4.88 Å². The van der Waals surface area contributed by atoms with Crippen molar-refractivity contribution in [3.8, 4) is 10.6 Å². The molecule has 0 atom stereocenters. The van der Waals surface area contributed by atoms with Crippen LogP contribution in [0.15, 0.2) is 47.8 Å². The van der Waals surface area contributed by atoms with Crippen molar-refractivity contribution >= 4 is 11.3 Å². The topological polar surface area (TPSA) is 31.9 Å². The lowest BCUT2D eigenvalue weighted by Gasteiger charge is -2.27. The number of H-pyrrole nitrogens is 1. The summed E-state index contributed by atoms with van der Waals surface area (Å²) in [6, 6.07) is 14.9. The molecule has 4 heteroatoms. The molecule has 0 spiro atoms. The maximum absolute atomic E-state index is 4.54. The summed E-state index contributed by atoms with van der Waals surface area (Å²) in [7, 11) is 0. The van der Waals surface area contributed by atoms with E-state index in [1.165, 1.54) is 21.7 Å². The maximum Gasteiger partial charge on any atom is 0.107 e. The second kappa shape index (κ2) is 5.47. The lowest BCUT2D eigenvalue weighted by molar-refractivity contribution is 0.245. The van der Waals surface area contributed by atoms with Crippen LogP contribution in [0.5, 0.6) is 0 Å². The number of thiophene rings is 1. The number of hydrogen-bond donors (Lipinski definition) is 1. The van der Waals surface area contributed by atoms with Gasteiger partial charge in [-0.25, -0.2) is 0 Å². The molecule has 0 fully saturated rings. The van der Waals surface area contributed by atoms with Crippen molar-refractivity contribution in [2.45, 2.75) is 19.5 Å². The molecule has 3 heterocycles. The van der Waals surface area contributed by atoms with E-state index in [0.29, 0.717) is 0 Å². The lowest BCUT2D eigenvalue weighted by atomic mass is 10.0. The van der Waals surface area contributed by atoms with Crippen molar-refractivity contribution in [1.82, 2.24) is 15.1 Å². The first-order valence-corrected chi connectivity index (χ1v) is 8.14. The van der Waals surface area contributed by atoms with Crippen molar-refractivity contribution in [1.29, 1.82) is 0 Å². The minimum absolute atomic E-state index is 0.980. The molecule has 2 aromatic heterocycles. The third kappa shape index (κ3) is 2.52. The van der Waals surface area contributed by atoms with Crippen LogP contribution in [0, 0.1) is 0 Å². The minimum Gasteiger partial charge on any atom is -0.294 e. The molecule has 0 saturated carbocycles. The largest absolute Gasteiger partial charge is 0.294 e. The summed E-state index contributed by atoms with van der Waals surface area (Å²) in [5, 5.41) is 9.88. The van der Waals surface area contributed by atoms with Crippen LogP contribution in [0.3, 0.4) is 0 Å². The van der Waals surface area contributed by atoms with Crippen molar-refractivity contribution in [2.75, 3.05) is 6.54 Å². The molecule has 0 aliphatic carbocycles. The van der Waals surface area contributed by atoms with E-state index in [9.17, 15) is 0 Å². The third-order valence-electron chi connectivity index (χ3n) is 4.02. The van der Waals surface area contributed by atoms with Crippen LogP contribution < -0.4 is 0 Å². The van der Waals surface area contributed by atoms with E-state index < -0.39 is 0 Å². The SMILES string of the molecule is c1ccc(CN2CCc3[nH]nc(-c4cccs4)c3C2)cc1. The van der Waals surface area contributed by atoms with E-state index in [4.69, 9.17) is 0 Å². The zero-order valence-electron chi connectivity index (χ0n) is 11.7. The minimum atomic E-state index is 0.980. The Kier molecular flexibility index (Phi) is 3.33. The van der Waals surface area contributed by atoms with E-state index in [0.717, 1.165) is 31.7 Å². The summed E-state index contributed by atoms with van der Waals surface area (Å²) in [6.45, 7) is 3.08. The normalized spacial score (nSPS) is 15.0. The number of nitrogens with zero attached hydrogens (tertiary/aromatic N) is 2. The Hall–Kier alpha value is -1.91. The van der Waals surface area contributed by atoms with Gasteiger partial charge in [0.2, 0.25) is 0 Å². The summed E-state index contributed by atoms with van der Waals surface area (Å²) >= 11 is 1.76. The van der Waals surface area contributed by atoms with Gasteiger partial charge in [0.25, 0.3) is 0 Å². The fraction of sp³-hybridized carbons (Fsp3) is 0.235. The van der Waals surface area contributed by atoms with E-state index in [2.05, 4.69) is 62.9 Å². The predicted molar refractivity (Wildman–Crippen MR) is 86.2 cm³/mol. The van der Waals surface area contributed by atoms with Gasteiger partial charge in [0, 0.05) is 37.3 Å². The average Bonchev–Trinajstić information content (AvgIpc) is 3.16. The summed E-state index contributed by atoms with van der Waals surface area (Å²) in [5.41, 5.74) is 5.20. The van der Waals surface area contributed by atoms with Gasteiger partial charge >= 0.3 is 0 Å². The van der Waals surface area contributed by atoms with Crippen molar-refractivity contribution in [3.05, 3.63) is 64.7 Å². The molecule has 1 aromatic carbocycles. The van der Waals surface area contributed by atoms with E-state index in [1.807, 2.05) is 0 Å². The Morgan fingerprint density at radius 3 is 2.86 bits per heavy atom. The molecular formula is C17H17N3S. The zero-order chi connectivity index (χ0) is 14.1. The Morgan fingerprint density at radius 1 is 1.14 bits per heavy atom. The van der Waals surface area contributed by atoms with Crippen LogP contribution in [-0.4, -0.2) is 21.6 Å². The molecule has 1 aliphatic rings. The lowest BCUT2D eigenvalue weighted by Crippen LogP contribution is -2.29. The summed E-state index contributed by atoms with van der Waals surface area (Å²) in [5.74, 6) is 0. The van der Waals surface area contributed by atoms with Gasteiger partial charge in [-0.15, -0.1) is 11.3 Å². The van der Waals surface area contributed by atoms with Crippen LogP contribution in [-0.2, 0) is 19.5 Å². The number of hydrogen-bond acceptors (Lipinski definition) is 3. The Balaban J connectivity index is 1.58. The Labute approximate surface area is 128 Å². The van der Waals surface area contributed by atoms with E-state index in [-0.39, 0.29) is 0 Å². The molecule has 106 valence electrons. The highest BCUT2D eigenvalue weighted by Crippen LogP contribution is 2.31. The molecule has 0 amide bonds. The summed E-state index contributed by atoms with van der Waals surface area (Å²) in [4.78, 5) is 3.76. The zero-order valence-corrected chi connectivity index (χ0v) is 12.6. The van der Waals surface area contributed by atoms with Crippen molar-refractivity contribution in [3.63, 3.8) is 0 Å². The molecule has 4 rings (SSSR count). The standard InChI is InChI=1S/C17H17N3S/c1-2-5-13(6-3-1)11-20-9-8-15-14(12-20)17(19-18-15)16-7-4-10-21-16/h1-7,10H,8-9,11-12H2,(H,18,19). The second-order valence-electron chi connectivity index (χ2n) is 5.45. The van der Waals surface area contributed by atoms with Crippen molar-refractivity contribution < 1.29 is 0 Å². The van der Waals surface area contributed by atoms with Crippen LogP contribution in [0.2, 0.25) is 0 Å². The molecule has 3 aromatic rings. The van der Waals surface area contributed by atoms with Gasteiger partial charge in [-0.1, -0.05) is 36.4 Å². The van der Waals surface area contributed by atoms with Gasteiger partial charge in [0.1, 0.15) is 5.69 Å². The fourth-order valence-electron chi connectivity index (χ4n) is 2.94. The summed E-state index contributed by atoms with van der Waals surface area (Å²) < 4.78 is 0. The van der Waals surface area contributed by atoms with Gasteiger partial charge in [-0.3, -0.25) is 10.00 Å². The highest BCUT2D eigenvalue weighted by Gasteiger charge is 2.23. The molecular weight excluding hydrogens is 278 g/mol. The molecule has 0 saturated heterocycles. The van der Waals surface area contributed by atoms with Crippen molar-refractivity contribution in [2.24, 2.45) is 0 Å². The Morgan fingerprint density at radius 2 is 2.05 bits per heavy atom. The predicted octanol–water partition coefficient (Wildman–Crippen LogP) is 3.70. The molecule has 0 unspecified atom stereocenters. The summed E-state index contributed by atoms with van der Waals surface area (Å²) in [6.07, 6.45) is 1.06. The number of fused-ring (bicyclic) bond motifs is 1. The maximum atomic E-state index is 4.54. The van der Waals surface area contributed by atoms with Crippen LogP contribution in [0.1, 0.15) is 16.8 Å². The monoisotopic (exact) mass is 295 g/mol. The van der Waals surface area contributed by atoms with Crippen LogP contribution in [0.4, 0.5) is 0 Å². The average molecular weight is 295 g/mol. The Bertz CT molecular complexity index is 716. The van der Waals surface area contributed by atoms with Gasteiger partial charge in [0.15, 0.2) is 0 Å². The number of aromatic amines is 1. The van der Waals surface area contributed by atoms with Crippen LogP contribution >= 0.6 is 11.3 Å².